The molecule has 3 N–H and O–H groups in total. The van der Waals surface area contributed by atoms with Crippen LogP contribution >= 0.6 is 11.6 Å². The Bertz CT molecular complexity index is 1340. The molecule has 1 aliphatic heterocycles. The first-order valence-electron chi connectivity index (χ1n) is 11.8. The number of halogens is 4. The van der Waals surface area contributed by atoms with Gasteiger partial charge >= 0.3 is 6.18 Å². The minimum atomic E-state index is -4.48. The van der Waals surface area contributed by atoms with Gasteiger partial charge in [-0.15, -0.1) is 0 Å². The van der Waals surface area contributed by atoms with Gasteiger partial charge in [-0.25, -0.2) is 4.98 Å². The average Bonchev–Trinajstić information content (AvgIpc) is 2.88. The molecule has 1 fully saturated rings. The number of aromatic nitrogens is 2. The second kappa shape index (κ2) is 11.3. The molecule has 0 bridgehead atoms. The molecule has 4 rings (SSSR count). The highest BCUT2D eigenvalue weighted by atomic mass is 35.5. The lowest BCUT2D eigenvalue weighted by Crippen LogP contribution is -2.44. The highest BCUT2D eigenvalue weighted by Gasteiger charge is 2.30. The Kier molecular flexibility index (Phi) is 8.08. The van der Waals surface area contributed by atoms with Gasteiger partial charge in [0.05, 0.1) is 23.1 Å². The largest absolute Gasteiger partial charge is 0.416 e. The summed E-state index contributed by atoms with van der Waals surface area (Å²) >= 11 is 6.22. The summed E-state index contributed by atoms with van der Waals surface area (Å²) < 4.78 is 39.3. The normalized spacial score (nSPS) is 14.2. The number of nitrogens with zero attached hydrogens (tertiary/aromatic N) is 4. The van der Waals surface area contributed by atoms with E-state index in [1.54, 1.807) is 6.07 Å². The number of nitrogens with one attached hydrogen (secondary N) is 3. The van der Waals surface area contributed by atoms with E-state index in [1.165, 1.54) is 24.4 Å². The van der Waals surface area contributed by atoms with Crippen molar-refractivity contribution < 1.29 is 18.0 Å². The quantitative estimate of drug-likeness (QED) is 0.323. The van der Waals surface area contributed by atoms with Gasteiger partial charge in [0.15, 0.2) is 5.82 Å². The van der Waals surface area contributed by atoms with Gasteiger partial charge in [-0.05, 0) is 55.9 Å². The lowest BCUT2D eigenvalue weighted by atomic mass is 10.1. The molecule has 38 heavy (non-hydrogen) atoms. The molecular weight excluding hydrogens is 519 g/mol. The second-order valence-corrected chi connectivity index (χ2v) is 9.29. The van der Waals surface area contributed by atoms with Crippen molar-refractivity contribution in [1.29, 1.82) is 0 Å². The molecule has 1 aromatic heterocycles. The van der Waals surface area contributed by atoms with Crippen molar-refractivity contribution in [3.05, 3.63) is 71.4 Å². The van der Waals surface area contributed by atoms with Crippen molar-refractivity contribution in [2.24, 2.45) is 0 Å². The third kappa shape index (κ3) is 6.53. The first-order chi connectivity index (χ1) is 18.0. The van der Waals surface area contributed by atoms with Gasteiger partial charge < -0.3 is 25.8 Å². The van der Waals surface area contributed by atoms with Gasteiger partial charge in [0.2, 0.25) is 11.9 Å². The number of carbonyl (C=O) groups is 1. The van der Waals surface area contributed by atoms with E-state index in [0.717, 1.165) is 49.6 Å². The topological polar surface area (TPSA) is 85.4 Å². The van der Waals surface area contributed by atoms with Gasteiger partial charge in [0.25, 0.3) is 0 Å². The molecular formula is C26H27ClF3N7O. The molecule has 0 saturated carbocycles. The van der Waals surface area contributed by atoms with Crippen LogP contribution in [-0.4, -0.2) is 54.0 Å². The molecule has 1 aliphatic rings. The van der Waals surface area contributed by atoms with Crippen LogP contribution in [0.3, 0.4) is 0 Å². The van der Waals surface area contributed by atoms with Crippen molar-refractivity contribution in [3.8, 4) is 0 Å². The van der Waals surface area contributed by atoms with E-state index in [0.29, 0.717) is 11.4 Å². The number of amides is 1. The van der Waals surface area contributed by atoms with Crippen LogP contribution in [0.4, 0.5) is 47.7 Å². The number of anilines is 6. The Labute approximate surface area is 223 Å². The predicted molar refractivity (Wildman–Crippen MR) is 145 cm³/mol. The summed E-state index contributed by atoms with van der Waals surface area (Å²) in [4.78, 5) is 25.2. The maximum absolute atomic E-state index is 13.1. The smallest absolute Gasteiger partial charge is 0.367 e. The number of rotatable bonds is 7. The monoisotopic (exact) mass is 545 g/mol. The lowest BCUT2D eigenvalue weighted by Gasteiger charge is -2.35. The first-order valence-corrected chi connectivity index (χ1v) is 12.2. The Morgan fingerprint density at radius 1 is 1.11 bits per heavy atom. The highest BCUT2D eigenvalue weighted by molar-refractivity contribution is 6.32. The fourth-order valence-electron chi connectivity index (χ4n) is 3.97. The van der Waals surface area contributed by atoms with Gasteiger partial charge in [0.1, 0.15) is 5.02 Å². The van der Waals surface area contributed by atoms with E-state index in [4.69, 9.17) is 11.6 Å². The molecule has 12 heteroatoms. The molecule has 0 atom stereocenters. The summed E-state index contributed by atoms with van der Waals surface area (Å²) in [5.41, 5.74) is 2.38. The van der Waals surface area contributed by atoms with Crippen LogP contribution in [0.1, 0.15) is 11.1 Å². The Hall–Kier alpha value is -3.83. The average molecular weight is 546 g/mol. The van der Waals surface area contributed by atoms with E-state index in [-0.39, 0.29) is 28.4 Å². The van der Waals surface area contributed by atoms with Gasteiger partial charge in [-0.3, -0.25) is 4.79 Å². The van der Waals surface area contributed by atoms with E-state index in [9.17, 15) is 18.0 Å². The van der Waals surface area contributed by atoms with Crippen molar-refractivity contribution >= 4 is 52.0 Å². The van der Waals surface area contributed by atoms with Crippen LogP contribution in [0.5, 0.6) is 0 Å². The van der Waals surface area contributed by atoms with E-state index in [2.05, 4.69) is 49.3 Å². The Balaban J connectivity index is 1.62. The Morgan fingerprint density at radius 3 is 2.53 bits per heavy atom. The van der Waals surface area contributed by atoms with E-state index >= 15 is 0 Å². The molecule has 0 radical (unpaired) electrons. The summed E-state index contributed by atoms with van der Waals surface area (Å²) in [5, 5.41) is 8.96. The molecule has 3 aromatic rings. The number of alkyl halides is 3. The molecule has 0 spiro atoms. The first kappa shape index (κ1) is 27.2. The van der Waals surface area contributed by atoms with Crippen LogP contribution in [0.25, 0.3) is 0 Å². The van der Waals surface area contributed by atoms with Crippen LogP contribution < -0.4 is 20.9 Å². The number of hydrogen-bond donors (Lipinski definition) is 3. The molecule has 0 aliphatic carbocycles. The SMILES string of the molecule is C=CC(=O)Nc1cc(Nc2ncc(Cl)c(Nc3cccc(C(F)(F)F)c3)n2)c(C)cc1N1CCN(C)CC1. The van der Waals surface area contributed by atoms with Crippen molar-refractivity contribution in [3.63, 3.8) is 0 Å². The fourth-order valence-corrected chi connectivity index (χ4v) is 4.10. The molecule has 1 saturated heterocycles. The van der Waals surface area contributed by atoms with Crippen LogP contribution in [0.2, 0.25) is 5.02 Å². The molecule has 8 nitrogen and oxygen atoms in total. The van der Waals surface area contributed by atoms with Crippen molar-refractivity contribution in [2.75, 3.05) is 54.1 Å². The summed E-state index contributed by atoms with van der Waals surface area (Å²) in [7, 11) is 2.07. The third-order valence-electron chi connectivity index (χ3n) is 6.07. The van der Waals surface area contributed by atoms with E-state index in [1.807, 2.05) is 13.0 Å². The van der Waals surface area contributed by atoms with Crippen LogP contribution in [0, 0.1) is 6.92 Å². The minimum Gasteiger partial charge on any atom is -0.367 e. The Morgan fingerprint density at radius 2 is 1.84 bits per heavy atom. The zero-order valence-electron chi connectivity index (χ0n) is 20.9. The standard InChI is InChI=1S/C26H27ClF3N7O/c1-4-23(38)33-21-14-20(16(2)12-22(21)37-10-8-36(3)9-11-37)34-25-31-15-19(27)24(35-25)32-18-7-5-6-17(13-18)26(28,29)30/h4-7,12-15H,1,8-11H2,2-3H3,(H,33,38)(H2,31,32,34,35). The van der Waals surface area contributed by atoms with Gasteiger partial charge in [-0.1, -0.05) is 24.2 Å². The van der Waals surface area contributed by atoms with Gasteiger partial charge in [0, 0.05) is 37.6 Å². The van der Waals surface area contributed by atoms with Gasteiger partial charge in [-0.2, -0.15) is 18.2 Å². The fraction of sp³-hybridized carbons (Fsp3) is 0.269. The van der Waals surface area contributed by atoms with E-state index < -0.39 is 11.7 Å². The number of carbonyl (C=O) groups excluding carboxylic acids is 1. The number of piperazine rings is 1. The number of hydrogen-bond acceptors (Lipinski definition) is 7. The zero-order valence-corrected chi connectivity index (χ0v) is 21.6. The van der Waals surface area contributed by atoms with Crippen molar-refractivity contribution in [1.82, 2.24) is 14.9 Å². The highest BCUT2D eigenvalue weighted by Crippen LogP contribution is 2.35. The van der Waals surface area contributed by atoms with Crippen LogP contribution in [-0.2, 0) is 11.0 Å². The van der Waals surface area contributed by atoms with Crippen LogP contribution in [0.15, 0.2) is 55.3 Å². The zero-order chi connectivity index (χ0) is 27.4. The number of likely N-dealkylation sites (N-methyl/N-ethyl adjacent to an activating group) is 1. The summed E-state index contributed by atoms with van der Waals surface area (Å²) in [5.74, 6) is -0.0406. The summed E-state index contributed by atoms with van der Waals surface area (Å²) in [6.07, 6.45) is -1.93. The second-order valence-electron chi connectivity index (χ2n) is 8.89. The molecule has 2 heterocycles. The maximum atomic E-state index is 13.1. The lowest BCUT2D eigenvalue weighted by molar-refractivity contribution is -0.137. The molecule has 2 aromatic carbocycles. The molecule has 0 unspecified atom stereocenters. The maximum Gasteiger partial charge on any atom is 0.416 e. The molecule has 200 valence electrons. The predicted octanol–water partition coefficient (Wildman–Crippen LogP) is 5.82. The molecule has 1 amide bonds. The van der Waals surface area contributed by atoms with Crippen molar-refractivity contribution in [2.45, 2.75) is 13.1 Å². The summed E-state index contributed by atoms with van der Waals surface area (Å²) in [6.45, 7) is 8.87. The number of benzene rings is 2. The third-order valence-corrected chi connectivity index (χ3v) is 6.35. The number of aryl methyl sites for hydroxylation is 1. The summed E-state index contributed by atoms with van der Waals surface area (Å²) in [6, 6.07) is 8.51. The minimum absolute atomic E-state index is 0.133.